The van der Waals surface area contributed by atoms with Crippen LogP contribution in [0.3, 0.4) is 0 Å². The Hall–Kier alpha value is -2.05. The van der Waals surface area contributed by atoms with Crippen LogP contribution in [-0.2, 0) is 18.5 Å². The number of nitrogens with one attached hydrogen (secondary N) is 1. The van der Waals surface area contributed by atoms with Gasteiger partial charge in [-0.25, -0.2) is 9.97 Å². The Bertz CT molecular complexity index is 743. The van der Waals surface area contributed by atoms with Gasteiger partial charge in [0.1, 0.15) is 12.7 Å². The van der Waals surface area contributed by atoms with Gasteiger partial charge in [0, 0.05) is 17.3 Å². The van der Waals surface area contributed by atoms with E-state index in [1.165, 1.54) is 10.6 Å². The minimum atomic E-state index is 0.0997. The molecule has 0 aliphatic carbocycles. The molecule has 0 aliphatic rings. The number of nitrogens with zero attached hydrogens (tertiary/aromatic N) is 4. The predicted octanol–water partition coefficient (Wildman–Crippen LogP) is 3.56. The van der Waals surface area contributed by atoms with Gasteiger partial charge in [0.15, 0.2) is 0 Å². The van der Waals surface area contributed by atoms with E-state index < -0.39 is 0 Å². The highest BCUT2D eigenvalue weighted by atomic mass is 32.1. The van der Waals surface area contributed by atoms with E-state index in [9.17, 15) is 0 Å². The summed E-state index contributed by atoms with van der Waals surface area (Å²) in [6.07, 6.45) is 3.32. The second-order valence-corrected chi connectivity index (χ2v) is 7.71. The summed E-state index contributed by atoms with van der Waals surface area (Å²) >= 11 is 1.73. The second kappa shape index (κ2) is 7.23. The molecule has 1 aromatic carbocycles. The van der Waals surface area contributed by atoms with Crippen molar-refractivity contribution in [2.75, 3.05) is 0 Å². The summed E-state index contributed by atoms with van der Waals surface area (Å²) in [4.78, 5) is 8.80. The van der Waals surface area contributed by atoms with Crippen LogP contribution < -0.4 is 5.32 Å². The van der Waals surface area contributed by atoms with Crippen LogP contribution in [0.5, 0.6) is 0 Å². The Morgan fingerprint density at radius 2 is 2.00 bits per heavy atom. The fourth-order valence-electron chi connectivity index (χ4n) is 2.45. The third kappa shape index (κ3) is 4.27. The summed E-state index contributed by atoms with van der Waals surface area (Å²) in [6, 6.07) is 10.6. The van der Waals surface area contributed by atoms with Crippen molar-refractivity contribution in [2.45, 2.75) is 45.3 Å². The van der Waals surface area contributed by atoms with E-state index in [0.29, 0.717) is 0 Å². The first-order valence-electron chi connectivity index (χ1n) is 8.08. The SMILES string of the molecule is CC(C)(C)c1nc(CN[C@@H](Cn2cncn2)c2ccccc2)cs1. The number of thiazole rings is 1. The first kappa shape index (κ1) is 16.8. The van der Waals surface area contributed by atoms with Crippen molar-refractivity contribution < 1.29 is 0 Å². The van der Waals surface area contributed by atoms with Gasteiger partial charge in [-0.1, -0.05) is 51.1 Å². The van der Waals surface area contributed by atoms with Crippen LogP contribution in [0.2, 0.25) is 0 Å². The van der Waals surface area contributed by atoms with Gasteiger partial charge in [0.05, 0.1) is 23.3 Å². The normalized spacial score (nSPS) is 13.1. The van der Waals surface area contributed by atoms with Gasteiger partial charge in [0.2, 0.25) is 0 Å². The maximum Gasteiger partial charge on any atom is 0.137 e. The Kier molecular flexibility index (Phi) is 5.06. The molecule has 1 atom stereocenters. The molecule has 0 amide bonds. The Morgan fingerprint density at radius 1 is 1.21 bits per heavy atom. The van der Waals surface area contributed by atoms with Crippen molar-refractivity contribution in [2.24, 2.45) is 0 Å². The predicted molar refractivity (Wildman–Crippen MR) is 96.9 cm³/mol. The average Bonchev–Trinajstić information content (AvgIpc) is 3.23. The smallest absolute Gasteiger partial charge is 0.137 e. The van der Waals surface area contributed by atoms with E-state index in [1.807, 2.05) is 10.7 Å². The molecule has 0 fully saturated rings. The molecule has 3 rings (SSSR count). The summed E-state index contributed by atoms with van der Waals surface area (Å²) in [5, 5.41) is 11.2. The maximum atomic E-state index is 4.77. The Balaban J connectivity index is 1.71. The van der Waals surface area contributed by atoms with Gasteiger partial charge >= 0.3 is 0 Å². The van der Waals surface area contributed by atoms with Crippen LogP contribution in [0.1, 0.15) is 43.1 Å². The third-order valence-corrected chi connectivity index (χ3v) is 5.08. The number of rotatable bonds is 6. The molecule has 2 aromatic heterocycles. The molecule has 24 heavy (non-hydrogen) atoms. The number of hydrogen-bond donors (Lipinski definition) is 1. The van der Waals surface area contributed by atoms with Crippen molar-refractivity contribution in [3.05, 3.63) is 64.6 Å². The molecule has 0 bridgehead atoms. The fraction of sp³-hybridized carbons (Fsp3) is 0.389. The van der Waals surface area contributed by atoms with E-state index in [4.69, 9.17) is 4.98 Å². The summed E-state index contributed by atoms with van der Waals surface area (Å²) in [5.41, 5.74) is 2.42. The molecule has 2 heterocycles. The molecule has 126 valence electrons. The molecule has 0 spiro atoms. The first-order chi connectivity index (χ1) is 11.5. The van der Waals surface area contributed by atoms with E-state index in [2.05, 4.69) is 65.8 Å². The number of aromatic nitrogens is 4. The largest absolute Gasteiger partial charge is 0.303 e. The molecule has 0 unspecified atom stereocenters. The molecule has 5 nitrogen and oxygen atoms in total. The summed E-state index contributed by atoms with van der Waals surface area (Å²) in [5.74, 6) is 0. The Labute approximate surface area is 146 Å². The van der Waals surface area contributed by atoms with Crippen LogP contribution in [0.15, 0.2) is 48.4 Å². The van der Waals surface area contributed by atoms with Crippen molar-refractivity contribution in [1.82, 2.24) is 25.1 Å². The Morgan fingerprint density at radius 3 is 2.62 bits per heavy atom. The zero-order valence-electron chi connectivity index (χ0n) is 14.3. The minimum absolute atomic E-state index is 0.0997. The van der Waals surface area contributed by atoms with Crippen LogP contribution in [0, 0.1) is 0 Å². The zero-order valence-corrected chi connectivity index (χ0v) is 15.1. The molecule has 0 saturated heterocycles. The molecule has 3 aromatic rings. The van der Waals surface area contributed by atoms with E-state index in [0.717, 1.165) is 18.8 Å². The number of hydrogen-bond acceptors (Lipinski definition) is 5. The van der Waals surface area contributed by atoms with Crippen molar-refractivity contribution in [3.8, 4) is 0 Å². The van der Waals surface area contributed by atoms with Crippen molar-refractivity contribution in [1.29, 1.82) is 0 Å². The maximum absolute atomic E-state index is 4.77. The lowest BCUT2D eigenvalue weighted by molar-refractivity contribution is 0.434. The molecule has 0 radical (unpaired) electrons. The lowest BCUT2D eigenvalue weighted by Gasteiger charge is -2.19. The van der Waals surface area contributed by atoms with E-state index in [1.54, 1.807) is 24.0 Å². The van der Waals surface area contributed by atoms with Crippen molar-refractivity contribution >= 4 is 11.3 Å². The zero-order chi connectivity index (χ0) is 17.0. The molecular weight excluding hydrogens is 318 g/mol. The van der Waals surface area contributed by atoms with Gasteiger partial charge in [-0.15, -0.1) is 11.3 Å². The molecule has 0 aliphatic heterocycles. The summed E-state index contributed by atoms with van der Waals surface area (Å²) in [7, 11) is 0. The van der Waals surface area contributed by atoms with E-state index >= 15 is 0 Å². The van der Waals surface area contributed by atoms with Crippen LogP contribution >= 0.6 is 11.3 Å². The summed E-state index contributed by atoms with van der Waals surface area (Å²) in [6.45, 7) is 8.06. The highest BCUT2D eigenvalue weighted by Crippen LogP contribution is 2.26. The second-order valence-electron chi connectivity index (χ2n) is 6.86. The van der Waals surface area contributed by atoms with Gasteiger partial charge in [0.25, 0.3) is 0 Å². The highest BCUT2D eigenvalue weighted by Gasteiger charge is 2.18. The molecule has 0 saturated carbocycles. The van der Waals surface area contributed by atoms with Gasteiger partial charge in [-0.2, -0.15) is 5.10 Å². The standard InChI is InChI=1S/C18H23N5S/c1-18(2,3)17-22-15(11-24-17)9-20-16(10-23-13-19-12-21-23)14-7-5-4-6-8-14/h4-8,11-13,16,20H,9-10H2,1-3H3/t16-/m0/s1. The first-order valence-corrected chi connectivity index (χ1v) is 8.96. The van der Waals surface area contributed by atoms with Crippen molar-refractivity contribution in [3.63, 3.8) is 0 Å². The highest BCUT2D eigenvalue weighted by molar-refractivity contribution is 7.09. The fourth-order valence-corrected chi connectivity index (χ4v) is 3.35. The lowest BCUT2D eigenvalue weighted by atomic mass is 9.98. The quantitative estimate of drug-likeness (QED) is 0.745. The van der Waals surface area contributed by atoms with E-state index in [-0.39, 0.29) is 11.5 Å². The molecular formula is C18H23N5S. The van der Waals surface area contributed by atoms with Crippen LogP contribution in [0.4, 0.5) is 0 Å². The monoisotopic (exact) mass is 341 g/mol. The lowest BCUT2D eigenvalue weighted by Crippen LogP contribution is -2.26. The molecule has 1 N–H and O–H groups in total. The third-order valence-electron chi connectivity index (χ3n) is 3.76. The van der Waals surface area contributed by atoms with Gasteiger partial charge in [-0.3, -0.25) is 4.68 Å². The molecule has 6 heteroatoms. The van der Waals surface area contributed by atoms with Crippen LogP contribution in [-0.4, -0.2) is 19.7 Å². The summed E-state index contributed by atoms with van der Waals surface area (Å²) < 4.78 is 1.85. The minimum Gasteiger partial charge on any atom is -0.303 e. The number of benzene rings is 1. The van der Waals surface area contributed by atoms with Gasteiger partial charge in [-0.05, 0) is 5.56 Å². The average molecular weight is 341 g/mol. The van der Waals surface area contributed by atoms with Gasteiger partial charge < -0.3 is 5.32 Å². The topological polar surface area (TPSA) is 55.6 Å². The van der Waals surface area contributed by atoms with Crippen LogP contribution in [0.25, 0.3) is 0 Å².